The van der Waals surface area contributed by atoms with Gasteiger partial charge in [0.15, 0.2) is 0 Å². The van der Waals surface area contributed by atoms with Gasteiger partial charge in [-0.2, -0.15) is 0 Å². The molecule has 0 aromatic rings. The molecule has 0 aliphatic heterocycles. The molecule has 1 saturated carbocycles. The van der Waals surface area contributed by atoms with E-state index in [0.29, 0.717) is 12.5 Å². The largest absolute Gasteiger partial charge is 0.314 e. The van der Waals surface area contributed by atoms with Crippen molar-refractivity contribution in [1.29, 1.82) is 0 Å². The van der Waals surface area contributed by atoms with Gasteiger partial charge in [-0.05, 0) is 46.8 Å². The van der Waals surface area contributed by atoms with E-state index in [0.717, 1.165) is 13.1 Å². The fourth-order valence-electron chi connectivity index (χ4n) is 1.81. The highest BCUT2D eigenvalue weighted by atomic mass is 32.2. The Morgan fingerprint density at radius 1 is 1.35 bits per heavy atom. The summed E-state index contributed by atoms with van der Waals surface area (Å²) < 4.78 is 26.1. The van der Waals surface area contributed by atoms with Gasteiger partial charge in [0.25, 0.3) is 0 Å². The van der Waals surface area contributed by atoms with E-state index in [4.69, 9.17) is 0 Å². The van der Waals surface area contributed by atoms with Crippen molar-refractivity contribution in [3.8, 4) is 0 Å². The van der Waals surface area contributed by atoms with E-state index in [2.05, 4.69) is 10.0 Å². The summed E-state index contributed by atoms with van der Waals surface area (Å²) in [5.41, 5.74) is 0. The van der Waals surface area contributed by atoms with Crippen LogP contribution in [0.4, 0.5) is 0 Å². The van der Waals surface area contributed by atoms with Gasteiger partial charge >= 0.3 is 0 Å². The second-order valence-electron chi connectivity index (χ2n) is 5.18. The quantitative estimate of drug-likeness (QED) is 0.575. The summed E-state index contributed by atoms with van der Waals surface area (Å²) in [4.78, 5) is 1.97. The van der Waals surface area contributed by atoms with Gasteiger partial charge in [0.1, 0.15) is 0 Å². The lowest BCUT2D eigenvalue weighted by atomic mass is 10.3. The molecule has 2 N–H and O–H groups in total. The second kappa shape index (κ2) is 6.68. The van der Waals surface area contributed by atoms with Gasteiger partial charge in [0, 0.05) is 18.6 Å². The molecule has 0 heterocycles. The normalized spacial score (nSPS) is 18.6. The molecule has 0 aromatic carbocycles. The van der Waals surface area contributed by atoms with Gasteiger partial charge in [0.2, 0.25) is 10.0 Å². The third-order valence-electron chi connectivity index (χ3n) is 2.62. The molecule has 1 fully saturated rings. The molecule has 1 aliphatic carbocycles. The maximum Gasteiger partial charge on any atom is 0.211 e. The molecule has 1 aliphatic rings. The van der Waals surface area contributed by atoms with Crippen LogP contribution in [0.15, 0.2) is 0 Å². The van der Waals surface area contributed by atoms with Crippen LogP contribution in [0.3, 0.4) is 0 Å². The fraction of sp³-hybridized carbons (Fsp3) is 1.00. The predicted octanol–water partition coefficient (Wildman–Crippen LogP) is -0.00200. The Balaban J connectivity index is 2.14. The van der Waals surface area contributed by atoms with E-state index in [9.17, 15) is 8.42 Å². The lowest BCUT2D eigenvalue weighted by molar-refractivity contribution is 0.370. The average Bonchev–Trinajstić information content (AvgIpc) is 2.93. The van der Waals surface area contributed by atoms with Gasteiger partial charge in [-0.3, -0.25) is 0 Å². The second-order valence-corrected chi connectivity index (χ2v) is 7.06. The zero-order valence-corrected chi connectivity index (χ0v) is 11.9. The maximum absolute atomic E-state index is 11.7. The van der Waals surface area contributed by atoms with Crippen molar-refractivity contribution in [2.45, 2.75) is 38.3 Å². The van der Waals surface area contributed by atoms with Crippen molar-refractivity contribution in [3.63, 3.8) is 0 Å². The van der Waals surface area contributed by atoms with Gasteiger partial charge in [-0.15, -0.1) is 0 Å². The molecule has 102 valence electrons. The van der Waals surface area contributed by atoms with Crippen molar-refractivity contribution in [3.05, 3.63) is 0 Å². The summed E-state index contributed by atoms with van der Waals surface area (Å²) in [5, 5.41) is 3.31. The zero-order valence-electron chi connectivity index (χ0n) is 11.1. The smallest absolute Gasteiger partial charge is 0.211 e. The molecule has 0 bridgehead atoms. The highest BCUT2D eigenvalue weighted by Crippen LogP contribution is 2.18. The molecule has 5 nitrogen and oxygen atoms in total. The first kappa shape index (κ1) is 14.9. The Bertz CT molecular complexity index is 313. The first-order chi connectivity index (χ1) is 7.89. The molecule has 0 spiro atoms. The summed E-state index contributed by atoms with van der Waals surface area (Å²) in [5.74, 6) is 0.213. The Morgan fingerprint density at radius 3 is 2.53 bits per heavy atom. The van der Waals surface area contributed by atoms with Crippen molar-refractivity contribution in [2.24, 2.45) is 0 Å². The van der Waals surface area contributed by atoms with E-state index in [1.165, 1.54) is 12.8 Å². The van der Waals surface area contributed by atoms with Gasteiger partial charge < -0.3 is 10.2 Å². The highest BCUT2D eigenvalue weighted by Gasteiger charge is 2.20. The van der Waals surface area contributed by atoms with E-state index in [-0.39, 0.29) is 11.8 Å². The number of nitrogens with zero attached hydrogens (tertiary/aromatic N) is 1. The molecule has 0 aromatic heterocycles. The summed E-state index contributed by atoms with van der Waals surface area (Å²) in [6, 6.07) is 0.615. The van der Waals surface area contributed by atoms with Gasteiger partial charge in [-0.1, -0.05) is 0 Å². The SMILES string of the molecule is CC(CN(C)C)NS(=O)(=O)CCCNC1CC1. The molecule has 17 heavy (non-hydrogen) atoms. The van der Waals surface area contributed by atoms with Crippen LogP contribution in [-0.2, 0) is 10.0 Å². The van der Waals surface area contributed by atoms with Crippen LogP contribution >= 0.6 is 0 Å². The Morgan fingerprint density at radius 2 is 2.00 bits per heavy atom. The van der Waals surface area contributed by atoms with E-state index < -0.39 is 10.0 Å². The Kier molecular flexibility index (Phi) is 5.85. The van der Waals surface area contributed by atoms with E-state index in [1.54, 1.807) is 0 Å². The topological polar surface area (TPSA) is 61.4 Å². The van der Waals surface area contributed by atoms with Crippen molar-refractivity contribution in [2.75, 3.05) is 32.9 Å². The van der Waals surface area contributed by atoms with Crippen LogP contribution in [0.1, 0.15) is 26.2 Å². The minimum absolute atomic E-state index is 0.0357. The number of nitrogens with one attached hydrogen (secondary N) is 2. The first-order valence-electron chi connectivity index (χ1n) is 6.27. The maximum atomic E-state index is 11.7. The summed E-state index contributed by atoms with van der Waals surface area (Å²) >= 11 is 0. The van der Waals surface area contributed by atoms with Crippen molar-refractivity contribution >= 4 is 10.0 Å². The predicted molar refractivity (Wildman–Crippen MR) is 70.6 cm³/mol. The third-order valence-corrected chi connectivity index (χ3v) is 4.21. The van der Waals surface area contributed by atoms with Crippen LogP contribution in [0.2, 0.25) is 0 Å². The molecule has 0 saturated heterocycles. The van der Waals surface area contributed by atoms with Crippen LogP contribution in [-0.4, -0.2) is 58.3 Å². The molecule has 1 atom stereocenters. The molecule has 1 rings (SSSR count). The summed E-state index contributed by atoms with van der Waals surface area (Å²) in [7, 11) is 0.749. The number of likely N-dealkylation sites (N-methyl/N-ethyl adjacent to an activating group) is 1. The lowest BCUT2D eigenvalue weighted by Gasteiger charge is -2.18. The van der Waals surface area contributed by atoms with Crippen LogP contribution in [0.25, 0.3) is 0 Å². The van der Waals surface area contributed by atoms with Crippen LogP contribution < -0.4 is 10.0 Å². The number of hydrogen-bond acceptors (Lipinski definition) is 4. The summed E-state index contributed by atoms with van der Waals surface area (Å²) in [6.45, 7) is 3.41. The lowest BCUT2D eigenvalue weighted by Crippen LogP contribution is -2.40. The van der Waals surface area contributed by atoms with Crippen LogP contribution in [0, 0.1) is 0 Å². The molecule has 6 heteroatoms. The van der Waals surface area contributed by atoms with Crippen LogP contribution in [0.5, 0.6) is 0 Å². The van der Waals surface area contributed by atoms with Crippen molar-refractivity contribution < 1.29 is 8.42 Å². The molecule has 0 radical (unpaired) electrons. The number of rotatable bonds is 9. The average molecular weight is 263 g/mol. The zero-order chi connectivity index (χ0) is 12.9. The standard InChI is InChI=1S/C11H25N3O2S/c1-10(9-14(2)3)13-17(15,16)8-4-7-12-11-5-6-11/h10-13H,4-9H2,1-3H3. The van der Waals surface area contributed by atoms with Gasteiger partial charge in [-0.25, -0.2) is 13.1 Å². The Hall–Kier alpha value is -0.170. The van der Waals surface area contributed by atoms with Gasteiger partial charge in [0.05, 0.1) is 5.75 Å². The monoisotopic (exact) mass is 263 g/mol. The molecular weight excluding hydrogens is 238 g/mol. The minimum Gasteiger partial charge on any atom is -0.314 e. The molecule has 1 unspecified atom stereocenters. The summed E-state index contributed by atoms with van der Waals surface area (Å²) in [6.07, 6.45) is 3.16. The minimum atomic E-state index is -3.12. The molecule has 0 amide bonds. The molecular formula is C11H25N3O2S. The number of sulfonamides is 1. The van der Waals surface area contributed by atoms with E-state index >= 15 is 0 Å². The van der Waals surface area contributed by atoms with E-state index in [1.807, 2.05) is 25.9 Å². The third kappa shape index (κ3) is 7.70. The highest BCUT2D eigenvalue weighted by molar-refractivity contribution is 7.89. The first-order valence-corrected chi connectivity index (χ1v) is 7.92. The Labute approximate surface area is 105 Å². The fourth-order valence-corrected chi connectivity index (χ4v) is 3.14. The van der Waals surface area contributed by atoms with Crippen molar-refractivity contribution in [1.82, 2.24) is 14.9 Å². The number of hydrogen-bond donors (Lipinski definition) is 2.